The zero-order valence-electron chi connectivity index (χ0n) is 64.4. The molecule has 0 bridgehead atoms. The minimum Gasteiger partial charge on any atom is -0.509 e. The summed E-state index contributed by atoms with van der Waals surface area (Å²) in [6.07, 6.45) is 1.54. The first-order valence-electron chi connectivity index (χ1n) is 36.1. The van der Waals surface area contributed by atoms with Crippen LogP contribution in [0.15, 0.2) is 273 Å². The molecule has 1 aliphatic rings. The first-order valence-corrected chi connectivity index (χ1v) is 26.1. The van der Waals surface area contributed by atoms with Gasteiger partial charge in [0, 0.05) is 89.7 Å². The number of ether oxygens (including phenoxy) is 2. The number of hydrogen-bond acceptors (Lipinski definition) is 5. The maximum absolute atomic E-state index is 9.19. The number of aromatic nitrogens is 2. The molecule has 0 aliphatic carbocycles. The van der Waals surface area contributed by atoms with Crippen molar-refractivity contribution in [2.24, 2.45) is 0 Å². The Morgan fingerprint density at radius 2 is 1.02 bits per heavy atom. The number of pyridine rings is 1. The number of fused-ring (bicyclic) bond motifs is 4. The smallest absolute Gasteiger partial charge is 0.143 e. The summed E-state index contributed by atoms with van der Waals surface area (Å²) in [6, 6.07) is 38.1. The topological polar surface area (TPSA) is 42.8 Å². The summed E-state index contributed by atoms with van der Waals surface area (Å²) in [4.78, 5) is 8.35. The third kappa shape index (κ3) is 10.2. The molecule has 14 rings (SSSR count). The van der Waals surface area contributed by atoms with E-state index >= 15 is 0 Å². The molecular weight excluding hydrogens is 1200 g/mol. The van der Waals surface area contributed by atoms with E-state index in [4.69, 9.17) is 39.1 Å². The number of hydrogen-bond donors (Lipinski definition) is 0. The van der Waals surface area contributed by atoms with E-state index in [1.165, 1.54) is 6.20 Å². The van der Waals surface area contributed by atoms with Crippen LogP contribution in [0.4, 0.5) is 22.7 Å². The van der Waals surface area contributed by atoms with Crippen molar-refractivity contribution >= 4 is 44.6 Å². The van der Waals surface area contributed by atoms with Gasteiger partial charge in [-0.25, -0.2) is 4.98 Å². The number of anilines is 4. The molecule has 11 aromatic carbocycles. The summed E-state index contributed by atoms with van der Waals surface area (Å²) in [7, 11) is 0. The van der Waals surface area contributed by atoms with Gasteiger partial charge in [0.15, 0.2) is 0 Å². The van der Waals surface area contributed by atoms with E-state index in [1.54, 1.807) is 114 Å². The molecule has 0 saturated carbocycles. The predicted molar refractivity (Wildman–Crippen MR) is 337 cm³/mol. The summed E-state index contributed by atoms with van der Waals surface area (Å²) >= 11 is 0. The van der Waals surface area contributed by atoms with E-state index in [0.29, 0.717) is 50.6 Å². The number of nitrogens with zero attached hydrogens (tertiary/aromatic N) is 4. The molecule has 3 heterocycles. The predicted octanol–water partition coefficient (Wildman–Crippen LogP) is 20.4. The Morgan fingerprint density at radius 3 is 1.69 bits per heavy atom. The van der Waals surface area contributed by atoms with Crippen molar-refractivity contribution in [3.8, 4) is 84.5 Å². The summed E-state index contributed by atoms with van der Waals surface area (Å²) in [5.74, 6) is 1.10. The molecule has 0 spiro atoms. The molecule has 13 aromatic rings. The molecule has 0 fully saturated rings. The Labute approximate surface area is 527 Å². The maximum atomic E-state index is 9.19. The fourth-order valence-corrected chi connectivity index (χ4v) is 10.3. The van der Waals surface area contributed by atoms with Gasteiger partial charge in [-0.05, 0) is 80.1 Å². The van der Waals surface area contributed by atoms with Crippen molar-refractivity contribution in [2.45, 2.75) is 26.2 Å². The molecule has 404 valence electrons. The molecule has 83 heavy (non-hydrogen) atoms. The van der Waals surface area contributed by atoms with Crippen LogP contribution in [-0.2, 0) is 26.5 Å². The van der Waals surface area contributed by atoms with Crippen LogP contribution >= 0.6 is 0 Å². The van der Waals surface area contributed by atoms with Crippen LogP contribution in [0, 0.1) is 18.8 Å². The minimum atomic E-state index is -0.612. The summed E-state index contributed by atoms with van der Waals surface area (Å²) < 4.78 is 191. The molecule has 0 N–H and O–H groups in total. The monoisotopic (exact) mass is 1270 g/mol. The van der Waals surface area contributed by atoms with Gasteiger partial charge in [0.25, 0.3) is 0 Å². The Morgan fingerprint density at radius 1 is 0.470 bits per heavy atom. The normalized spacial score (nSPS) is 15.5. The van der Waals surface area contributed by atoms with Crippen molar-refractivity contribution in [1.29, 1.82) is 0 Å². The Balaban J connectivity index is 0.00000945. The minimum absolute atomic E-state index is 0. The number of benzene rings is 11. The molecule has 2 aromatic heterocycles. The van der Waals surface area contributed by atoms with Crippen molar-refractivity contribution in [1.82, 2.24) is 9.55 Å². The largest absolute Gasteiger partial charge is 0.509 e. The van der Waals surface area contributed by atoms with E-state index < -0.39 is 126 Å². The SMILES string of the molecule is [2H]c1c([2H])c([2H])c(-c2cc(-c3cccc(-c4c([2H])c([2H])c([2H])c([2H])c4[2H])c3Oc3ccnc(-n4c5[c-]c(Oc6[c-]c(N7[CH-]N(c8c(-c9c([2H])c([2H])c([2H])c([2H])c9[2H])cccc8-c8c([2H])c([2H])c([2H])c([2H])c8[2H])c8ccccc87)ccc6)ccc5c5ccccc54)c3)cc(C(C)(C)C)c2)c([2H])c1[2H].[Pt]. The summed E-state index contributed by atoms with van der Waals surface area (Å²) in [6.45, 7) is 7.59. The van der Waals surface area contributed by atoms with Gasteiger partial charge in [0.2, 0.25) is 0 Å². The molecule has 0 unspecified atom stereocenters. The standard InChI is InChI=1S/C76H55N4O2.Pt/c1-76(2,3)58-46-56(52-23-8-4-9-24-52)45-57(47-58)66-37-22-36-65(55-29-14-7-15-30-55)75(66)82-62-43-44-77-73(50-62)80-69-38-17-16-33-67(69)68-42-41-61(49-72(68)80)81-60-32-20-31-59(48-60)78-51-79(71-40-19-18-39-70(71)78)74-63(53-25-10-5-11-26-53)34-21-35-64(74)54-27-12-6-13-28-54;/h4-47,50-51H,1-3H3;/q-3;/i4D,5D,6D,7D,8D,9D,10D,11D,12D,13D,14D,15D,23D,24D,25D,26D,27D,28D,29D,30D;. The van der Waals surface area contributed by atoms with Crippen molar-refractivity contribution in [2.75, 3.05) is 9.80 Å². The molecule has 0 radical (unpaired) electrons. The van der Waals surface area contributed by atoms with E-state index in [-0.39, 0.29) is 88.7 Å². The second-order valence-electron chi connectivity index (χ2n) is 20.2. The Kier molecular flexibility index (Phi) is 9.28. The van der Waals surface area contributed by atoms with Crippen molar-refractivity contribution < 1.29 is 58.0 Å². The first-order chi connectivity index (χ1) is 48.6. The van der Waals surface area contributed by atoms with E-state index in [1.807, 2.05) is 73.9 Å². The first kappa shape index (κ1) is 34.5. The van der Waals surface area contributed by atoms with Gasteiger partial charge >= 0.3 is 0 Å². The molecular formula is C76H55N4O2Pt-3. The third-order valence-electron chi connectivity index (χ3n) is 14.1. The zero-order valence-corrected chi connectivity index (χ0v) is 46.7. The molecule has 6 nitrogen and oxygen atoms in total. The Hall–Kier alpha value is -9.74. The van der Waals surface area contributed by atoms with Crippen LogP contribution in [0.2, 0.25) is 0 Å². The quantitative estimate of drug-likeness (QED) is 0.114. The molecule has 7 heteroatoms. The zero-order chi connectivity index (χ0) is 72.6. The van der Waals surface area contributed by atoms with E-state index in [2.05, 4.69) is 12.1 Å². The second kappa shape index (κ2) is 22.3. The van der Waals surface area contributed by atoms with Gasteiger partial charge < -0.3 is 23.8 Å². The molecule has 0 atom stereocenters. The fourth-order valence-electron chi connectivity index (χ4n) is 10.3. The summed E-state index contributed by atoms with van der Waals surface area (Å²) in [5.41, 5.74) is 4.01. The van der Waals surface area contributed by atoms with Crippen LogP contribution in [0.5, 0.6) is 23.0 Å². The molecule has 0 amide bonds. The average Bonchev–Trinajstić information content (AvgIpc) is 1.47. The Bertz CT molecular complexity index is 5540. The van der Waals surface area contributed by atoms with E-state index in [9.17, 15) is 2.74 Å². The van der Waals surface area contributed by atoms with Crippen LogP contribution in [0.1, 0.15) is 53.7 Å². The van der Waals surface area contributed by atoms with Gasteiger partial charge in [-0.3, -0.25) is 0 Å². The van der Waals surface area contributed by atoms with Gasteiger partial charge in [0.05, 0.1) is 27.4 Å². The van der Waals surface area contributed by atoms with Gasteiger partial charge in [-0.15, -0.1) is 48.1 Å². The second-order valence-corrected chi connectivity index (χ2v) is 20.2. The molecule has 0 saturated heterocycles. The van der Waals surface area contributed by atoms with Crippen LogP contribution in [-0.4, -0.2) is 9.55 Å². The average molecular weight is 1270 g/mol. The van der Waals surface area contributed by atoms with Gasteiger partial charge in [0.1, 0.15) is 17.3 Å². The van der Waals surface area contributed by atoms with Crippen LogP contribution < -0.4 is 19.3 Å². The number of rotatable bonds is 12. The van der Waals surface area contributed by atoms with Crippen molar-refractivity contribution in [3.05, 3.63) is 297 Å². The van der Waals surface area contributed by atoms with Gasteiger partial charge in [-0.2, -0.15) is 12.1 Å². The van der Waals surface area contributed by atoms with Crippen LogP contribution in [0.3, 0.4) is 0 Å². The van der Waals surface area contributed by atoms with Gasteiger partial charge in [-0.1, -0.05) is 226 Å². The summed E-state index contributed by atoms with van der Waals surface area (Å²) in [5, 5.41) is 1.59. The maximum Gasteiger partial charge on any atom is 0.143 e. The fraction of sp³-hybridized carbons (Fsp3) is 0.0526. The third-order valence-corrected chi connectivity index (χ3v) is 14.1. The van der Waals surface area contributed by atoms with Crippen LogP contribution in [0.25, 0.3) is 83.3 Å². The number of para-hydroxylation sites is 5. The molecule has 1 aliphatic heterocycles. The van der Waals surface area contributed by atoms with E-state index in [0.717, 1.165) is 16.3 Å². The van der Waals surface area contributed by atoms with Crippen molar-refractivity contribution in [3.63, 3.8) is 0 Å².